The van der Waals surface area contributed by atoms with Crippen LogP contribution in [-0.2, 0) is 14.6 Å². The number of carbonyl (C=O) groups is 1. The van der Waals surface area contributed by atoms with E-state index in [1.54, 1.807) is 0 Å². The monoisotopic (exact) mass is 278 g/mol. The molecule has 1 unspecified atom stereocenters. The molecule has 0 aromatic heterocycles. The van der Waals surface area contributed by atoms with E-state index in [2.05, 4.69) is 5.32 Å². The van der Waals surface area contributed by atoms with Crippen LogP contribution in [0.3, 0.4) is 0 Å². The van der Waals surface area contributed by atoms with Crippen molar-refractivity contribution in [3.8, 4) is 0 Å². The van der Waals surface area contributed by atoms with Gasteiger partial charge in [-0.05, 0) is 33.1 Å². The molecule has 0 saturated carbocycles. The van der Waals surface area contributed by atoms with Crippen LogP contribution in [0.2, 0.25) is 0 Å². The fraction of sp³-hybridized carbons (Fsp3) is 0.917. The van der Waals surface area contributed by atoms with E-state index in [9.17, 15) is 13.2 Å². The zero-order valence-corrected chi connectivity index (χ0v) is 13.0. The molecular weight excluding hydrogens is 252 g/mol. The lowest BCUT2D eigenvalue weighted by Gasteiger charge is -2.34. The van der Waals surface area contributed by atoms with E-state index in [1.165, 1.54) is 13.8 Å². The molecule has 0 rings (SSSR count). The number of hydrogen-bond acceptors (Lipinski definition) is 4. The molecule has 0 bridgehead atoms. The van der Waals surface area contributed by atoms with Crippen molar-refractivity contribution in [1.29, 1.82) is 0 Å². The highest BCUT2D eigenvalue weighted by Crippen LogP contribution is 2.20. The molecule has 1 amide bonds. The molecule has 6 heteroatoms. The summed E-state index contributed by atoms with van der Waals surface area (Å²) >= 11 is 0. The van der Waals surface area contributed by atoms with Gasteiger partial charge in [0.15, 0.2) is 9.84 Å². The summed E-state index contributed by atoms with van der Waals surface area (Å²) in [6, 6.07) is 0. The van der Waals surface area contributed by atoms with Gasteiger partial charge in [-0.15, -0.1) is 0 Å². The molecule has 0 aliphatic heterocycles. The van der Waals surface area contributed by atoms with Crippen molar-refractivity contribution >= 4 is 15.7 Å². The molecule has 0 aromatic rings. The zero-order chi connectivity index (χ0) is 14.8. The van der Waals surface area contributed by atoms with E-state index >= 15 is 0 Å². The van der Waals surface area contributed by atoms with E-state index in [0.717, 1.165) is 6.26 Å². The second-order valence-corrected chi connectivity index (χ2v) is 8.66. The topological polar surface area (TPSA) is 89.3 Å². The van der Waals surface area contributed by atoms with Gasteiger partial charge in [0.2, 0.25) is 5.91 Å². The Labute approximate surface area is 110 Å². The van der Waals surface area contributed by atoms with Gasteiger partial charge in [-0.1, -0.05) is 13.8 Å². The maximum Gasteiger partial charge on any atom is 0.241 e. The van der Waals surface area contributed by atoms with Gasteiger partial charge in [0.05, 0.1) is 0 Å². The fourth-order valence-electron chi connectivity index (χ4n) is 1.68. The second kappa shape index (κ2) is 5.57. The van der Waals surface area contributed by atoms with E-state index in [4.69, 9.17) is 5.73 Å². The van der Waals surface area contributed by atoms with Gasteiger partial charge >= 0.3 is 0 Å². The van der Waals surface area contributed by atoms with Crippen molar-refractivity contribution < 1.29 is 13.2 Å². The first kappa shape index (κ1) is 17.4. The highest BCUT2D eigenvalue weighted by Gasteiger charge is 2.41. The molecule has 0 spiro atoms. The summed E-state index contributed by atoms with van der Waals surface area (Å²) in [5.74, 6) is -0.140. The predicted molar refractivity (Wildman–Crippen MR) is 74.0 cm³/mol. The maximum atomic E-state index is 12.1. The summed E-state index contributed by atoms with van der Waals surface area (Å²) < 4.78 is 21.8. The molecule has 3 N–H and O–H groups in total. The van der Waals surface area contributed by atoms with E-state index in [1.807, 2.05) is 20.8 Å². The maximum absolute atomic E-state index is 12.1. The van der Waals surface area contributed by atoms with Crippen LogP contribution < -0.4 is 11.1 Å². The van der Waals surface area contributed by atoms with E-state index in [-0.39, 0.29) is 6.54 Å². The third kappa shape index (κ3) is 4.24. The first-order valence-electron chi connectivity index (χ1n) is 6.08. The highest BCUT2D eigenvalue weighted by molar-refractivity contribution is 7.92. The Morgan fingerprint density at radius 1 is 1.28 bits per heavy atom. The molecule has 108 valence electrons. The second-order valence-electron chi connectivity index (χ2n) is 6.10. The molecule has 0 heterocycles. The first-order valence-corrected chi connectivity index (χ1v) is 7.97. The summed E-state index contributed by atoms with van der Waals surface area (Å²) in [7, 11) is -3.46. The molecule has 0 radical (unpaired) electrons. The summed E-state index contributed by atoms with van der Waals surface area (Å²) in [6.07, 6.45) is 1.77. The third-order valence-electron chi connectivity index (χ3n) is 3.20. The summed E-state index contributed by atoms with van der Waals surface area (Å²) in [6.45, 7) is 8.98. The minimum absolute atomic E-state index is 0.275. The number of nitrogens with two attached hydrogens (primary N) is 1. The van der Waals surface area contributed by atoms with Crippen molar-refractivity contribution in [2.24, 2.45) is 11.7 Å². The molecule has 0 aromatic carbocycles. The van der Waals surface area contributed by atoms with Crippen molar-refractivity contribution in [2.75, 3.05) is 12.8 Å². The van der Waals surface area contributed by atoms with Crippen LogP contribution in [0.1, 0.15) is 41.0 Å². The van der Waals surface area contributed by atoms with Crippen LogP contribution in [0.4, 0.5) is 0 Å². The molecule has 0 aliphatic carbocycles. The highest BCUT2D eigenvalue weighted by atomic mass is 32.2. The number of amides is 1. The van der Waals surface area contributed by atoms with Gasteiger partial charge in [0.1, 0.15) is 4.75 Å². The smallest absolute Gasteiger partial charge is 0.241 e. The normalized spacial score (nSPS) is 16.4. The van der Waals surface area contributed by atoms with Crippen LogP contribution in [0.5, 0.6) is 0 Å². The number of carbonyl (C=O) groups excluding carboxylic acids is 1. The number of hydrogen-bond donors (Lipinski definition) is 2. The van der Waals surface area contributed by atoms with Gasteiger partial charge < -0.3 is 11.1 Å². The summed E-state index contributed by atoms with van der Waals surface area (Å²) in [5, 5.41) is 2.78. The Hall–Kier alpha value is -0.620. The Morgan fingerprint density at radius 3 is 2.00 bits per heavy atom. The van der Waals surface area contributed by atoms with Gasteiger partial charge in [0, 0.05) is 18.3 Å². The van der Waals surface area contributed by atoms with E-state index in [0.29, 0.717) is 12.3 Å². The van der Waals surface area contributed by atoms with Crippen molar-refractivity contribution in [3.63, 3.8) is 0 Å². The minimum atomic E-state index is -3.46. The lowest BCUT2D eigenvalue weighted by molar-refractivity contribution is -0.124. The molecule has 0 aliphatic rings. The lowest BCUT2D eigenvalue weighted by Crippen LogP contribution is -2.58. The Balaban J connectivity index is 5.05. The van der Waals surface area contributed by atoms with Crippen molar-refractivity contribution in [3.05, 3.63) is 0 Å². The SMILES string of the molecule is CC(C)CC(C)(CN)NC(=O)C(C)(C)S(C)(=O)=O. The fourth-order valence-corrected chi connectivity index (χ4v) is 2.07. The molecular formula is C12H26N2O3S. The minimum Gasteiger partial charge on any atom is -0.348 e. The van der Waals surface area contributed by atoms with Crippen LogP contribution in [0.25, 0.3) is 0 Å². The van der Waals surface area contributed by atoms with Gasteiger partial charge in [-0.2, -0.15) is 0 Å². The third-order valence-corrected chi connectivity index (χ3v) is 5.24. The van der Waals surface area contributed by atoms with Crippen LogP contribution in [0, 0.1) is 5.92 Å². The van der Waals surface area contributed by atoms with Crippen molar-refractivity contribution in [1.82, 2.24) is 5.32 Å². The number of sulfone groups is 1. The van der Waals surface area contributed by atoms with E-state index < -0.39 is 26.0 Å². The Bertz CT molecular complexity index is 402. The Kier molecular flexibility index (Phi) is 5.38. The summed E-state index contributed by atoms with van der Waals surface area (Å²) in [4.78, 5) is 12.1. The molecule has 5 nitrogen and oxygen atoms in total. The average molecular weight is 278 g/mol. The average Bonchev–Trinajstić information content (AvgIpc) is 2.14. The van der Waals surface area contributed by atoms with Crippen LogP contribution in [-0.4, -0.2) is 37.4 Å². The first-order chi connectivity index (χ1) is 7.85. The van der Waals surface area contributed by atoms with Crippen molar-refractivity contribution in [2.45, 2.75) is 51.3 Å². The molecule has 0 saturated heterocycles. The summed E-state index contributed by atoms with van der Waals surface area (Å²) in [5.41, 5.74) is 5.12. The molecule has 1 atom stereocenters. The number of rotatable bonds is 6. The largest absolute Gasteiger partial charge is 0.348 e. The zero-order valence-electron chi connectivity index (χ0n) is 12.2. The van der Waals surface area contributed by atoms with Gasteiger partial charge in [-0.25, -0.2) is 8.42 Å². The van der Waals surface area contributed by atoms with Gasteiger partial charge in [-0.3, -0.25) is 4.79 Å². The van der Waals surface area contributed by atoms with Crippen LogP contribution in [0.15, 0.2) is 0 Å². The predicted octanol–water partition coefficient (Wildman–Crippen LogP) is 0.689. The molecule has 0 fully saturated rings. The van der Waals surface area contributed by atoms with Crippen LogP contribution >= 0.6 is 0 Å². The van der Waals surface area contributed by atoms with Gasteiger partial charge in [0.25, 0.3) is 0 Å². The standard InChI is InChI=1S/C12H26N2O3S/c1-9(2)7-12(5,8-13)14-10(15)11(3,4)18(6,16)17/h9H,7-8,13H2,1-6H3,(H,14,15). The number of nitrogens with one attached hydrogen (secondary N) is 1. The quantitative estimate of drug-likeness (QED) is 0.748. The Morgan fingerprint density at radius 2 is 1.72 bits per heavy atom. The molecule has 18 heavy (non-hydrogen) atoms. The lowest BCUT2D eigenvalue weighted by atomic mass is 9.90.